The molecule has 0 heterocycles. The van der Waals surface area contributed by atoms with E-state index in [1.165, 1.54) is 0 Å². The van der Waals surface area contributed by atoms with Gasteiger partial charge in [0.1, 0.15) is 0 Å². The summed E-state index contributed by atoms with van der Waals surface area (Å²) in [5.41, 5.74) is 0. The molecule has 0 aromatic rings. The van der Waals surface area contributed by atoms with Crippen LogP contribution in [0, 0.1) is 5.92 Å². The van der Waals surface area contributed by atoms with Crippen LogP contribution in [0.4, 0.5) is 8.78 Å². The van der Waals surface area contributed by atoms with E-state index in [9.17, 15) is 8.78 Å². The molecular formula is C7H14F2O2. The van der Waals surface area contributed by atoms with E-state index in [1.54, 1.807) is 0 Å². The maximum absolute atomic E-state index is 11.4. The summed E-state index contributed by atoms with van der Waals surface area (Å²) in [5, 5.41) is 7.35. The van der Waals surface area contributed by atoms with Gasteiger partial charge in [0.25, 0.3) is 0 Å². The molecule has 0 radical (unpaired) electrons. The number of halogens is 2. The molecule has 0 aromatic carbocycles. The van der Waals surface area contributed by atoms with Gasteiger partial charge in [-0.1, -0.05) is 20.3 Å². The summed E-state index contributed by atoms with van der Waals surface area (Å²) in [6, 6.07) is 0. The van der Waals surface area contributed by atoms with Gasteiger partial charge < -0.3 is 5.11 Å². The zero-order valence-electron chi connectivity index (χ0n) is 6.81. The average Bonchev–Trinajstić information content (AvgIpc) is 2.04. The predicted molar refractivity (Wildman–Crippen MR) is 39.0 cm³/mol. The van der Waals surface area contributed by atoms with Crippen molar-refractivity contribution in [3.8, 4) is 0 Å². The largest absolute Gasteiger partial charge is 0.479 e. The fraction of sp³-hybridized carbons (Fsp3) is 0.857. The fourth-order valence-electron chi connectivity index (χ4n) is 0.109. The lowest BCUT2D eigenvalue weighted by Gasteiger charge is -1.95. The van der Waals surface area contributed by atoms with Crippen molar-refractivity contribution in [3.63, 3.8) is 0 Å². The zero-order valence-corrected chi connectivity index (χ0v) is 6.81. The van der Waals surface area contributed by atoms with E-state index < -0.39 is 12.6 Å². The average molecular weight is 168 g/mol. The van der Waals surface area contributed by atoms with Crippen LogP contribution in [0.25, 0.3) is 0 Å². The number of carbonyl (C=O) groups is 1. The first kappa shape index (κ1) is 13.0. The Bertz CT molecular complexity index is 92.4. The standard InChI is InChI=1S/C5H11F.C2H3FO2/c1-3-5(2)4-6;3-1-2(4)5/h5H,3-4H2,1-2H3;1H2,(H,4,5). The van der Waals surface area contributed by atoms with E-state index in [2.05, 4.69) is 0 Å². The second-order valence-corrected chi connectivity index (χ2v) is 2.20. The van der Waals surface area contributed by atoms with Gasteiger partial charge in [-0.2, -0.15) is 0 Å². The Hall–Kier alpha value is -0.670. The Kier molecular flexibility index (Phi) is 11.0. The molecule has 0 aliphatic rings. The third-order valence-corrected chi connectivity index (χ3v) is 1.07. The van der Waals surface area contributed by atoms with Gasteiger partial charge in [0.05, 0.1) is 6.67 Å². The van der Waals surface area contributed by atoms with E-state index in [-0.39, 0.29) is 12.6 Å². The molecule has 0 spiro atoms. The summed E-state index contributed by atoms with van der Waals surface area (Å²) in [6.45, 7) is 2.45. The molecule has 0 fully saturated rings. The van der Waals surface area contributed by atoms with Gasteiger partial charge in [-0.25, -0.2) is 9.18 Å². The van der Waals surface area contributed by atoms with E-state index in [0.717, 1.165) is 6.42 Å². The van der Waals surface area contributed by atoms with Crippen LogP contribution in [0.5, 0.6) is 0 Å². The highest BCUT2D eigenvalue weighted by Gasteiger charge is 1.92. The SMILES string of the molecule is CCC(C)CF.O=C(O)CF. The van der Waals surface area contributed by atoms with Crippen LogP contribution in [0.3, 0.4) is 0 Å². The van der Waals surface area contributed by atoms with Crippen molar-refractivity contribution in [2.75, 3.05) is 13.3 Å². The second-order valence-electron chi connectivity index (χ2n) is 2.20. The Morgan fingerprint density at radius 2 is 1.91 bits per heavy atom. The van der Waals surface area contributed by atoms with Crippen LogP contribution in [0.2, 0.25) is 0 Å². The molecule has 0 rings (SSSR count). The molecule has 0 amide bonds. The topological polar surface area (TPSA) is 37.3 Å². The van der Waals surface area contributed by atoms with Crippen molar-refractivity contribution in [1.82, 2.24) is 0 Å². The molecule has 0 aromatic heterocycles. The van der Waals surface area contributed by atoms with Crippen LogP contribution in [0.1, 0.15) is 20.3 Å². The molecule has 1 atom stereocenters. The van der Waals surface area contributed by atoms with Crippen LogP contribution < -0.4 is 0 Å². The second kappa shape index (κ2) is 9.33. The Balaban J connectivity index is 0. The van der Waals surface area contributed by atoms with Gasteiger partial charge in [-0.3, -0.25) is 4.39 Å². The first-order valence-corrected chi connectivity index (χ1v) is 3.42. The number of aliphatic carboxylic acids is 1. The summed E-state index contributed by atoms with van der Waals surface area (Å²) >= 11 is 0. The molecule has 0 saturated heterocycles. The van der Waals surface area contributed by atoms with Crippen molar-refractivity contribution >= 4 is 5.97 Å². The smallest absolute Gasteiger partial charge is 0.335 e. The van der Waals surface area contributed by atoms with Crippen molar-refractivity contribution in [1.29, 1.82) is 0 Å². The highest BCUT2D eigenvalue weighted by Crippen LogP contribution is 1.98. The number of rotatable bonds is 3. The summed E-state index contributed by atoms with van der Waals surface area (Å²) < 4.78 is 21.9. The zero-order chi connectivity index (χ0) is 9.28. The molecular weight excluding hydrogens is 154 g/mol. The maximum Gasteiger partial charge on any atom is 0.335 e. The summed E-state index contributed by atoms with van der Waals surface area (Å²) in [4.78, 5) is 8.99. The van der Waals surface area contributed by atoms with Crippen LogP contribution >= 0.6 is 0 Å². The molecule has 1 unspecified atom stereocenters. The lowest BCUT2D eigenvalue weighted by molar-refractivity contribution is -0.137. The highest BCUT2D eigenvalue weighted by atomic mass is 19.1. The van der Waals surface area contributed by atoms with Crippen LogP contribution in [-0.2, 0) is 4.79 Å². The van der Waals surface area contributed by atoms with E-state index in [1.807, 2.05) is 13.8 Å². The van der Waals surface area contributed by atoms with Crippen molar-refractivity contribution in [3.05, 3.63) is 0 Å². The lowest BCUT2D eigenvalue weighted by atomic mass is 10.1. The number of carboxylic acid groups (broad SMARTS) is 1. The Morgan fingerprint density at radius 3 is 1.91 bits per heavy atom. The summed E-state index contributed by atoms with van der Waals surface area (Å²) in [6.07, 6.45) is 0.955. The Morgan fingerprint density at radius 1 is 1.55 bits per heavy atom. The van der Waals surface area contributed by atoms with Gasteiger partial charge in [-0.15, -0.1) is 0 Å². The summed E-state index contributed by atoms with van der Waals surface area (Å²) in [5.74, 6) is -1.14. The molecule has 2 nitrogen and oxygen atoms in total. The van der Waals surface area contributed by atoms with Gasteiger partial charge in [-0.05, 0) is 5.92 Å². The molecule has 68 valence electrons. The normalized spacial score (nSPS) is 11.3. The van der Waals surface area contributed by atoms with Crippen molar-refractivity contribution in [2.24, 2.45) is 5.92 Å². The molecule has 0 aliphatic carbocycles. The van der Waals surface area contributed by atoms with Crippen LogP contribution in [-0.4, -0.2) is 24.4 Å². The molecule has 11 heavy (non-hydrogen) atoms. The monoisotopic (exact) mass is 168 g/mol. The van der Waals surface area contributed by atoms with Gasteiger partial charge in [0, 0.05) is 0 Å². The van der Waals surface area contributed by atoms with E-state index >= 15 is 0 Å². The van der Waals surface area contributed by atoms with Crippen LogP contribution in [0.15, 0.2) is 0 Å². The number of hydrogen-bond donors (Lipinski definition) is 1. The lowest BCUT2D eigenvalue weighted by Crippen LogP contribution is -1.93. The third-order valence-electron chi connectivity index (χ3n) is 1.07. The van der Waals surface area contributed by atoms with E-state index in [0.29, 0.717) is 0 Å². The third kappa shape index (κ3) is 17.6. The summed E-state index contributed by atoms with van der Waals surface area (Å²) in [7, 11) is 0. The molecule has 1 N–H and O–H groups in total. The molecule has 0 saturated carbocycles. The number of hydrogen-bond acceptors (Lipinski definition) is 1. The first-order valence-electron chi connectivity index (χ1n) is 3.42. The number of alkyl halides is 2. The minimum Gasteiger partial charge on any atom is -0.479 e. The first-order chi connectivity index (χ1) is 5.08. The van der Waals surface area contributed by atoms with E-state index in [4.69, 9.17) is 9.90 Å². The van der Waals surface area contributed by atoms with Crippen molar-refractivity contribution < 1.29 is 18.7 Å². The van der Waals surface area contributed by atoms with Gasteiger partial charge in [0.2, 0.25) is 0 Å². The molecule has 0 aliphatic heterocycles. The van der Waals surface area contributed by atoms with Crippen molar-refractivity contribution in [2.45, 2.75) is 20.3 Å². The number of carboxylic acids is 1. The van der Waals surface area contributed by atoms with Gasteiger partial charge >= 0.3 is 5.97 Å². The predicted octanol–water partition coefficient (Wildman–Crippen LogP) is 2.04. The highest BCUT2D eigenvalue weighted by molar-refractivity contribution is 5.67. The minimum absolute atomic E-state index is 0.170. The van der Waals surface area contributed by atoms with Gasteiger partial charge in [0.15, 0.2) is 6.67 Å². The molecule has 0 bridgehead atoms. The Labute approximate surface area is 65.2 Å². The minimum atomic E-state index is -1.41. The fourth-order valence-corrected chi connectivity index (χ4v) is 0.109. The molecule has 4 heteroatoms. The maximum atomic E-state index is 11.4. The quantitative estimate of drug-likeness (QED) is 0.700.